The van der Waals surface area contributed by atoms with E-state index < -0.39 is 86.8 Å². The summed E-state index contributed by atoms with van der Waals surface area (Å²) in [4.78, 5) is 13.0. The van der Waals surface area contributed by atoms with Crippen molar-refractivity contribution in [3.05, 3.63) is 24.3 Å². The Hall–Kier alpha value is -1.53. The van der Waals surface area contributed by atoms with Gasteiger partial charge in [0.25, 0.3) is 0 Å². The molecule has 2 rings (SSSR count). The molecule has 0 saturated carbocycles. The molecule has 12 atom stereocenters. The third-order valence-corrected chi connectivity index (χ3v) is 11.6. The number of carbonyl (C=O) groups excluding carboxylic acids is 1. The van der Waals surface area contributed by atoms with Crippen molar-refractivity contribution in [1.29, 1.82) is 0 Å². The number of nitrogens with one attached hydrogen (secondary N) is 1. The predicted molar refractivity (Wildman–Crippen MR) is 231 cm³/mol. The van der Waals surface area contributed by atoms with Crippen molar-refractivity contribution < 1.29 is 64.6 Å². The van der Waals surface area contributed by atoms with Gasteiger partial charge < -0.3 is 65.1 Å². The highest BCUT2D eigenvalue weighted by Gasteiger charge is 2.50. The number of allylic oxidation sites excluding steroid dienone is 3. The van der Waals surface area contributed by atoms with E-state index in [2.05, 4.69) is 31.3 Å². The highest BCUT2D eigenvalue weighted by atomic mass is 16.7. The number of aliphatic hydroxyl groups excluding tert-OH is 8. The first-order chi connectivity index (χ1) is 29.1. The predicted octanol–water partition coefficient (Wildman–Crippen LogP) is 4.99. The molecule has 0 radical (unpaired) electrons. The maximum absolute atomic E-state index is 13.0. The average Bonchev–Trinajstić information content (AvgIpc) is 3.24. The van der Waals surface area contributed by atoms with Crippen LogP contribution in [0.4, 0.5) is 0 Å². The van der Waals surface area contributed by atoms with Gasteiger partial charge in [0.15, 0.2) is 12.6 Å². The number of amides is 1. The first-order valence-electron chi connectivity index (χ1n) is 23.6. The molecule has 2 heterocycles. The molecular formula is C46H85NO13. The van der Waals surface area contributed by atoms with E-state index in [1.165, 1.54) is 103 Å². The first kappa shape index (κ1) is 54.6. The van der Waals surface area contributed by atoms with Crippen LogP contribution in [-0.4, -0.2) is 140 Å². The zero-order valence-electron chi connectivity index (χ0n) is 36.9. The standard InChI is InChI=1S/C46H85NO13/c1-3-5-7-9-11-13-14-15-16-17-18-19-20-22-23-25-27-29-35(50)34(47-38(51)30-28-26-24-21-12-10-8-6-4-2)33-57-45-43(56)41(54)44(37(32-49)59-45)60-46-42(55)40(53)39(52)36(31-48)58-46/h20,22,27,29,34-37,39-46,48-50,52-56H,3-19,21,23-26,28,30-33H2,1-2H3,(H,47,51)/b22-20+,29-27+. The van der Waals surface area contributed by atoms with Crippen LogP contribution in [0.5, 0.6) is 0 Å². The van der Waals surface area contributed by atoms with Crippen molar-refractivity contribution in [3.8, 4) is 0 Å². The number of unbranched alkanes of at least 4 members (excludes halogenated alkanes) is 20. The van der Waals surface area contributed by atoms with Gasteiger partial charge in [-0.15, -0.1) is 0 Å². The molecule has 0 aromatic carbocycles. The molecule has 352 valence electrons. The monoisotopic (exact) mass is 860 g/mol. The molecule has 0 aliphatic carbocycles. The van der Waals surface area contributed by atoms with Crippen molar-refractivity contribution in [1.82, 2.24) is 5.32 Å². The fraction of sp³-hybridized carbons (Fsp3) is 0.891. The summed E-state index contributed by atoms with van der Waals surface area (Å²) < 4.78 is 22.6. The van der Waals surface area contributed by atoms with Crippen LogP contribution in [0.3, 0.4) is 0 Å². The van der Waals surface area contributed by atoms with E-state index in [1.54, 1.807) is 6.08 Å². The van der Waals surface area contributed by atoms with Crippen LogP contribution in [0.25, 0.3) is 0 Å². The molecule has 0 spiro atoms. The van der Waals surface area contributed by atoms with E-state index in [1.807, 2.05) is 6.08 Å². The third-order valence-electron chi connectivity index (χ3n) is 11.6. The number of aliphatic hydroxyl groups is 8. The summed E-state index contributed by atoms with van der Waals surface area (Å²) in [7, 11) is 0. The second kappa shape index (κ2) is 34.0. The van der Waals surface area contributed by atoms with Gasteiger partial charge >= 0.3 is 0 Å². The topological polar surface area (TPSA) is 228 Å². The van der Waals surface area contributed by atoms with Crippen molar-refractivity contribution in [2.45, 2.75) is 242 Å². The van der Waals surface area contributed by atoms with Crippen molar-refractivity contribution in [2.24, 2.45) is 0 Å². The van der Waals surface area contributed by atoms with E-state index in [4.69, 9.17) is 18.9 Å². The molecule has 14 nitrogen and oxygen atoms in total. The molecular weight excluding hydrogens is 774 g/mol. The van der Waals surface area contributed by atoms with Crippen LogP contribution in [0, 0.1) is 0 Å². The van der Waals surface area contributed by atoms with Gasteiger partial charge in [-0.25, -0.2) is 0 Å². The van der Waals surface area contributed by atoms with Gasteiger partial charge in [0.05, 0.1) is 32.0 Å². The molecule has 9 N–H and O–H groups in total. The molecule has 2 aliphatic heterocycles. The van der Waals surface area contributed by atoms with Crippen LogP contribution in [-0.2, 0) is 23.7 Å². The Bertz CT molecular complexity index is 1110. The molecule has 14 heteroatoms. The molecule has 0 bridgehead atoms. The normalized spacial score (nSPS) is 28.4. The zero-order chi connectivity index (χ0) is 44.0. The minimum atomic E-state index is -1.79. The Morgan fingerprint density at radius 3 is 1.63 bits per heavy atom. The maximum atomic E-state index is 13.0. The van der Waals surface area contributed by atoms with Gasteiger partial charge in [0, 0.05) is 6.42 Å². The van der Waals surface area contributed by atoms with Crippen molar-refractivity contribution in [2.75, 3.05) is 19.8 Å². The second-order valence-electron chi connectivity index (χ2n) is 16.9. The van der Waals surface area contributed by atoms with Crippen molar-refractivity contribution in [3.63, 3.8) is 0 Å². The number of ether oxygens (including phenoxy) is 4. The van der Waals surface area contributed by atoms with Gasteiger partial charge in [-0.3, -0.25) is 4.79 Å². The SMILES string of the molecule is CCCCCCCCCCCCC/C=C/CC/C=C/C(O)C(COC1OC(CO)C(OC2OC(CO)C(O)C(O)C2O)C(O)C1O)NC(=O)CCCCCCCCCCC. The average molecular weight is 860 g/mol. The highest BCUT2D eigenvalue weighted by molar-refractivity contribution is 5.76. The lowest BCUT2D eigenvalue weighted by molar-refractivity contribution is -0.359. The molecule has 2 aliphatic rings. The maximum Gasteiger partial charge on any atom is 0.220 e. The fourth-order valence-corrected chi connectivity index (χ4v) is 7.72. The summed E-state index contributed by atoms with van der Waals surface area (Å²) in [6.07, 6.45) is 18.1. The van der Waals surface area contributed by atoms with Crippen LogP contribution >= 0.6 is 0 Å². The number of hydrogen-bond acceptors (Lipinski definition) is 13. The molecule has 60 heavy (non-hydrogen) atoms. The quantitative estimate of drug-likeness (QED) is 0.0303. The molecule has 12 unspecified atom stereocenters. The lowest BCUT2D eigenvalue weighted by Gasteiger charge is -2.46. The number of carbonyl (C=O) groups is 1. The van der Waals surface area contributed by atoms with Crippen LogP contribution in [0.1, 0.15) is 168 Å². The Kier molecular flexibility index (Phi) is 30.9. The highest BCUT2D eigenvalue weighted by Crippen LogP contribution is 2.30. The van der Waals surface area contributed by atoms with E-state index >= 15 is 0 Å². The van der Waals surface area contributed by atoms with E-state index in [0.29, 0.717) is 12.8 Å². The minimum Gasteiger partial charge on any atom is -0.394 e. The van der Waals surface area contributed by atoms with E-state index in [-0.39, 0.29) is 18.9 Å². The molecule has 0 aromatic heterocycles. The van der Waals surface area contributed by atoms with Crippen molar-refractivity contribution >= 4 is 5.91 Å². The summed E-state index contributed by atoms with van der Waals surface area (Å²) in [5, 5.41) is 86.4. The van der Waals surface area contributed by atoms with Gasteiger partial charge in [0.2, 0.25) is 5.91 Å². The smallest absolute Gasteiger partial charge is 0.220 e. The number of hydrogen-bond donors (Lipinski definition) is 9. The Balaban J connectivity index is 1.89. The molecule has 2 saturated heterocycles. The van der Waals surface area contributed by atoms with Gasteiger partial charge in [0.1, 0.15) is 48.8 Å². The summed E-state index contributed by atoms with van der Waals surface area (Å²) in [5.41, 5.74) is 0. The summed E-state index contributed by atoms with van der Waals surface area (Å²) in [5.74, 6) is -0.254. The number of rotatable bonds is 35. The lowest BCUT2D eigenvalue weighted by Crippen LogP contribution is -2.65. The molecule has 2 fully saturated rings. The lowest BCUT2D eigenvalue weighted by atomic mass is 9.97. The molecule has 1 amide bonds. The van der Waals surface area contributed by atoms with Crippen LogP contribution in [0.15, 0.2) is 24.3 Å². The van der Waals surface area contributed by atoms with E-state index in [9.17, 15) is 45.6 Å². The van der Waals surface area contributed by atoms with Gasteiger partial charge in [-0.1, -0.05) is 154 Å². The summed E-state index contributed by atoms with van der Waals surface area (Å²) >= 11 is 0. The summed E-state index contributed by atoms with van der Waals surface area (Å²) in [6, 6.07) is -0.924. The Morgan fingerprint density at radius 1 is 0.583 bits per heavy atom. The van der Waals surface area contributed by atoms with Crippen LogP contribution in [0.2, 0.25) is 0 Å². The van der Waals surface area contributed by atoms with Crippen LogP contribution < -0.4 is 5.32 Å². The minimum absolute atomic E-state index is 0.254. The zero-order valence-corrected chi connectivity index (χ0v) is 36.9. The largest absolute Gasteiger partial charge is 0.394 e. The van der Waals surface area contributed by atoms with Gasteiger partial charge in [-0.05, 0) is 32.1 Å². The Morgan fingerprint density at radius 2 is 1.07 bits per heavy atom. The second-order valence-corrected chi connectivity index (χ2v) is 16.9. The third kappa shape index (κ3) is 21.7. The summed E-state index contributed by atoms with van der Waals surface area (Å²) in [6.45, 7) is 2.72. The fourth-order valence-electron chi connectivity index (χ4n) is 7.72. The Labute approximate surface area is 360 Å². The van der Waals surface area contributed by atoms with Gasteiger partial charge in [-0.2, -0.15) is 0 Å². The molecule has 0 aromatic rings. The first-order valence-corrected chi connectivity index (χ1v) is 23.6. The van der Waals surface area contributed by atoms with E-state index in [0.717, 1.165) is 32.1 Å².